The van der Waals surface area contributed by atoms with Gasteiger partial charge < -0.3 is 28.7 Å². The Morgan fingerprint density at radius 3 is 2.17 bits per heavy atom. The number of piperazine rings is 1. The highest BCUT2D eigenvalue weighted by Gasteiger charge is 2.24. The van der Waals surface area contributed by atoms with Crippen molar-refractivity contribution in [2.45, 2.75) is 13.8 Å². The van der Waals surface area contributed by atoms with Crippen LogP contribution in [0.3, 0.4) is 0 Å². The van der Waals surface area contributed by atoms with Gasteiger partial charge in [-0.3, -0.25) is 4.79 Å². The van der Waals surface area contributed by atoms with Gasteiger partial charge in [0, 0.05) is 43.5 Å². The molecule has 1 amide bonds. The molecule has 36 heavy (non-hydrogen) atoms. The number of hydrogen-bond donors (Lipinski definition) is 0. The van der Waals surface area contributed by atoms with Crippen molar-refractivity contribution in [3.8, 4) is 17.6 Å². The van der Waals surface area contributed by atoms with E-state index in [1.54, 1.807) is 18.7 Å². The SMILES string of the molecule is CCOC(=O)Oc1ccc(/C=C(\C#N)C(=O)N2CCN(c3ccccc3)CC2)c(OC(=O)OCC)c1. The summed E-state index contributed by atoms with van der Waals surface area (Å²) in [5.41, 5.74) is 1.20. The smallest absolute Gasteiger partial charge is 0.434 e. The number of benzene rings is 2. The third kappa shape index (κ3) is 6.99. The van der Waals surface area contributed by atoms with E-state index in [2.05, 4.69) is 4.90 Å². The highest BCUT2D eigenvalue weighted by molar-refractivity contribution is 6.02. The van der Waals surface area contributed by atoms with Crippen molar-refractivity contribution in [2.24, 2.45) is 0 Å². The zero-order valence-corrected chi connectivity index (χ0v) is 20.1. The number of carbonyl (C=O) groups is 3. The molecular formula is C26H27N3O7. The van der Waals surface area contributed by atoms with Gasteiger partial charge in [-0.2, -0.15) is 5.26 Å². The van der Waals surface area contributed by atoms with E-state index in [0.29, 0.717) is 26.2 Å². The molecule has 10 heteroatoms. The van der Waals surface area contributed by atoms with Crippen LogP contribution in [0.25, 0.3) is 6.08 Å². The maximum Gasteiger partial charge on any atom is 0.513 e. The first-order chi connectivity index (χ1) is 17.4. The molecule has 1 aliphatic rings. The molecule has 0 saturated carbocycles. The molecular weight excluding hydrogens is 466 g/mol. The maximum atomic E-state index is 13.1. The number of para-hydroxylation sites is 1. The summed E-state index contributed by atoms with van der Waals surface area (Å²) in [5.74, 6) is -0.435. The molecule has 0 bridgehead atoms. The summed E-state index contributed by atoms with van der Waals surface area (Å²) < 4.78 is 19.8. The van der Waals surface area contributed by atoms with E-state index < -0.39 is 18.2 Å². The molecule has 0 N–H and O–H groups in total. The average Bonchev–Trinajstić information content (AvgIpc) is 2.89. The van der Waals surface area contributed by atoms with Crippen LogP contribution in [0.15, 0.2) is 54.1 Å². The lowest BCUT2D eigenvalue weighted by molar-refractivity contribution is -0.126. The third-order valence-corrected chi connectivity index (χ3v) is 5.24. The Morgan fingerprint density at radius 2 is 1.56 bits per heavy atom. The second-order valence-corrected chi connectivity index (χ2v) is 7.55. The van der Waals surface area contributed by atoms with Gasteiger partial charge in [0.15, 0.2) is 0 Å². The van der Waals surface area contributed by atoms with E-state index in [4.69, 9.17) is 18.9 Å². The van der Waals surface area contributed by atoms with Crippen molar-refractivity contribution in [2.75, 3.05) is 44.3 Å². The second-order valence-electron chi connectivity index (χ2n) is 7.55. The molecule has 0 unspecified atom stereocenters. The molecule has 1 aliphatic heterocycles. The quantitative estimate of drug-likeness (QED) is 0.244. The Kier molecular flexibility index (Phi) is 9.28. The van der Waals surface area contributed by atoms with E-state index in [1.165, 1.54) is 24.3 Å². The number of anilines is 1. The lowest BCUT2D eigenvalue weighted by Crippen LogP contribution is -2.49. The summed E-state index contributed by atoms with van der Waals surface area (Å²) in [6.07, 6.45) is -0.582. The van der Waals surface area contributed by atoms with Crippen molar-refractivity contribution in [3.63, 3.8) is 0 Å². The lowest BCUT2D eigenvalue weighted by atomic mass is 10.1. The van der Waals surface area contributed by atoms with Crippen molar-refractivity contribution in [1.82, 2.24) is 4.90 Å². The molecule has 10 nitrogen and oxygen atoms in total. The number of rotatable bonds is 7. The predicted molar refractivity (Wildman–Crippen MR) is 131 cm³/mol. The Morgan fingerprint density at radius 1 is 0.917 bits per heavy atom. The Hall–Kier alpha value is -4.52. The Bertz CT molecular complexity index is 1150. The molecule has 0 aromatic heterocycles. The Labute approximate surface area is 209 Å². The normalized spacial score (nSPS) is 13.4. The van der Waals surface area contributed by atoms with Crippen LogP contribution >= 0.6 is 0 Å². The van der Waals surface area contributed by atoms with Crippen LogP contribution in [0.4, 0.5) is 15.3 Å². The molecule has 1 heterocycles. The molecule has 188 valence electrons. The molecule has 3 rings (SSSR count). The zero-order valence-electron chi connectivity index (χ0n) is 20.1. The van der Waals surface area contributed by atoms with Crippen molar-refractivity contribution < 1.29 is 33.3 Å². The minimum atomic E-state index is -0.984. The number of hydrogen-bond acceptors (Lipinski definition) is 9. The van der Waals surface area contributed by atoms with Gasteiger partial charge in [0.2, 0.25) is 0 Å². The fourth-order valence-corrected chi connectivity index (χ4v) is 3.54. The molecule has 2 aromatic carbocycles. The number of ether oxygens (including phenoxy) is 4. The molecule has 0 atom stereocenters. The van der Waals surface area contributed by atoms with Gasteiger partial charge in [0.05, 0.1) is 13.2 Å². The highest BCUT2D eigenvalue weighted by atomic mass is 16.7. The molecule has 1 fully saturated rings. The van der Waals surface area contributed by atoms with Gasteiger partial charge in [-0.25, -0.2) is 9.59 Å². The number of carbonyl (C=O) groups excluding carboxylic acids is 3. The summed E-state index contributed by atoms with van der Waals surface area (Å²) >= 11 is 0. The Balaban J connectivity index is 1.79. The van der Waals surface area contributed by atoms with Crippen LogP contribution < -0.4 is 14.4 Å². The first-order valence-corrected chi connectivity index (χ1v) is 11.5. The predicted octanol–water partition coefficient (Wildman–Crippen LogP) is 4.01. The lowest BCUT2D eigenvalue weighted by Gasteiger charge is -2.36. The number of nitriles is 1. The summed E-state index contributed by atoms with van der Waals surface area (Å²) in [6, 6.07) is 16.0. The topological polar surface area (TPSA) is 118 Å². The van der Waals surface area contributed by atoms with Crippen molar-refractivity contribution in [1.29, 1.82) is 5.26 Å². The molecule has 0 radical (unpaired) electrons. The van der Waals surface area contributed by atoms with Gasteiger partial charge in [0.25, 0.3) is 5.91 Å². The zero-order chi connectivity index (χ0) is 25.9. The fourth-order valence-electron chi connectivity index (χ4n) is 3.54. The molecule has 0 spiro atoms. The van der Waals surface area contributed by atoms with E-state index in [9.17, 15) is 19.6 Å². The largest absolute Gasteiger partial charge is 0.513 e. The van der Waals surface area contributed by atoms with Crippen LogP contribution in [-0.4, -0.2) is 62.5 Å². The minimum Gasteiger partial charge on any atom is -0.434 e. The van der Waals surface area contributed by atoms with E-state index in [0.717, 1.165) is 5.69 Å². The third-order valence-electron chi connectivity index (χ3n) is 5.24. The summed E-state index contributed by atoms with van der Waals surface area (Å²) in [4.78, 5) is 40.5. The first kappa shape index (κ1) is 26.1. The van der Waals surface area contributed by atoms with Crippen LogP contribution in [0.5, 0.6) is 11.5 Å². The summed E-state index contributed by atoms with van der Waals surface area (Å²) in [5, 5.41) is 9.71. The molecule has 0 aliphatic carbocycles. The van der Waals surface area contributed by atoms with Gasteiger partial charge in [0.1, 0.15) is 23.1 Å². The van der Waals surface area contributed by atoms with E-state index in [-0.39, 0.29) is 35.8 Å². The van der Waals surface area contributed by atoms with Crippen molar-refractivity contribution >= 4 is 30.0 Å². The second kappa shape index (κ2) is 12.8. The number of amides is 1. The fraction of sp³-hybridized carbons (Fsp3) is 0.308. The summed E-state index contributed by atoms with van der Waals surface area (Å²) in [6.45, 7) is 5.62. The van der Waals surface area contributed by atoms with Crippen LogP contribution in [0.2, 0.25) is 0 Å². The highest BCUT2D eigenvalue weighted by Crippen LogP contribution is 2.28. The van der Waals surface area contributed by atoms with E-state index >= 15 is 0 Å². The summed E-state index contributed by atoms with van der Waals surface area (Å²) in [7, 11) is 0. The monoisotopic (exact) mass is 493 g/mol. The number of nitrogens with zero attached hydrogens (tertiary/aromatic N) is 3. The van der Waals surface area contributed by atoms with Gasteiger partial charge in [-0.05, 0) is 44.2 Å². The molecule has 2 aromatic rings. The van der Waals surface area contributed by atoms with Crippen LogP contribution in [0, 0.1) is 11.3 Å². The van der Waals surface area contributed by atoms with Crippen LogP contribution in [-0.2, 0) is 14.3 Å². The first-order valence-electron chi connectivity index (χ1n) is 11.5. The maximum absolute atomic E-state index is 13.1. The minimum absolute atomic E-state index is 0.0479. The van der Waals surface area contributed by atoms with Gasteiger partial charge >= 0.3 is 12.3 Å². The van der Waals surface area contributed by atoms with Gasteiger partial charge in [-0.1, -0.05) is 18.2 Å². The standard InChI is InChI=1S/C26H27N3O7/c1-3-33-25(31)35-22-11-10-19(23(17-22)36-26(32)34-4-2)16-20(18-27)24(30)29-14-12-28(13-15-29)21-8-6-5-7-9-21/h5-11,16-17H,3-4,12-15H2,1-2H3/b20-16+. The molecule has 1 saturated heterocycles. The van der Waals surface area contributed by atoms with E-state index in [1.807, 2.05) is 36.4 Å². The van der Waals surface area contributed by atoms with Gasteiger partial charge in [-0.15, -0.1) is 0 Å². The van der Waals surface area contributed by atoms with Crippen molar-refractivity contribution in [3.05, 3.63) is 59.7 Å². The van der Waals surface area contributed by atoms with Crippen LogP contribution in [0.1, 0.15) is 19.4 Å². The average molecular weight is 494 g/mol.